The lowest BCUT2D eigenvalue weighted by atomic mass is 10.1. The molecule has 3 aromatic rings. The molecule has 9 heteroatoms. The van der Waals surface area contributed by atoms with Crippen molar-refractivity contribution in [1.82, 2.24) is 9.47 Å². The van der Waals surface area contributed by atoms with Gasteiger partial charge in [-0.15, -0.1) is 11.3 Å². The summed E-state index contributed by atoms with van der Waals surface area (Å²) in [5.41, 5.74) is 7.98. The first kappa shape index (κ1) is 24.0. The summed E-state index contributed by atoms with van der Waals surface area (Å²) in [4.78, 5) is 19.3. The maximum atomic E-state index is 13.5. The molecule has 0 unspecified atom stereocenters. The molecule has 0 fully saturated rings. The van der Waals surface area contributed by atoms with Gasteiger partial charge in [-0.05, 0) is 55.3 Å². The molecule has 170 valence electrons. The molecule has 0 saturated carbocycles. The van der Waals surface area contributed by atoms with E-state index in [0.717, 1.165) is 22.5 Å². The molecule has 0 spiro atoms. The summed E-state index contributed by atoms with van der Waals surface area (Å²) in [5, 5.41) is 2.56. The number of aromatic nitrogens is 1. The Labute approximate surface area is 195 Å². The van der Waals surface area contributed by atoms with E-state index in [4.69, 9.17) is 27.1 Å². The number of benzene rings is 2. The van der Waals surface area contributed by atoms with E-state index in [9.17, 15) is 9.18 Å². The van der Waals surface area contributed by atoms with E-state index in [1.807, 2.05) is 18.4 Å². The number of carbonyl (C=O) groups is 1. The molecule has 0 aliphatic carbocycles. The summed E-state index contributed by atoms with van der Waals surface area (Å²) >= 11 is 7.56. The minimum Gasteiger partial charge on any atom is -0.494 e. The van der Waals surface area contributed by atoms with Crippen molar-refractivity contribution >= 4 is 34.5 Å². The molecule has 0 bridgehead atoms. The van der Waals surface area contributed by atoms with Crippen LogP contribution in [0.3, 0.4) is 0 Å². The van der Waals surface area contributed by atoms with Gasteiger partial charge in [-0.25, -0.2) is 9.38 Å². The Hall–Kier alpha value is -2.68. The second kappa shape index (κ2) is 11.3. The maximum Gasteiger partial charge on any atom is 0.236 e. The number of carbonyl (C=O) groups excluding carboxylic acids is 1. The highest BCUT2D eigenvalue weighted by atomic mass is 35.5. The van der Waals surface area contributed by atoms with Crippen LogP contribution >= 0.6 is 22.9 Å². The third-order valence-corrected chi connectivity index (χ3v) is 6.11. The summed E-state index contributed by atoms with van der Waals surface area (Å²) < 4.78 is 21.0. The molecule has 0 aliphatic rings. The van der Waals surface area contributed by atoms with E-state index in [0.29, 0.717) is 36.1 Å². The maximum absolute atomic E-state index is 13.5. The molecule has 32 heavy (non-hydrogen) atoms. The average molecular weight is 477 g/mol. The Morgan fingerprint density at radius 3 is 2.69 bits per heavy atom. The SMILES string of the molecule is CCN(CCCn1c(-c2ccc(F)cc2)csc1=Nc1ccc(Cl)cc1OC)C(=O)CN. The predicted molar refractivity (Wildman–Crippen MR) is 127 cm³/mol. The lowest BCUT2D eigenvalue weighted by Gasteiger charge is -2.20. The number of thiazole rings is 1. The average Bonchev–Trinajstić information content (AvgIpc) is 3.20. The van der Waals surface area contributed by atoms with Gasteiger partial charge in [-0.3, -0.25) is 4.79 Å². The van der Waals surface area contributed by atoms with Crippen LogP contribution in [0.1, 0.15) is 13.3 Å². The Kier molecular flexibility index (Phi) is 8.44. The second-order valence-electron chi connectivity index (χ2n) is 7.02. The largest absolute Gasteiger partial charge is 0.494 e. The summed E-state index contributed by atoms with van der Waals surface area (Å²) in [7, 11) is 1.57. The van der Waals surface area contributed by atoms with Gasteiger partial charge in [-0.1, -0.05) is 11.6 Å². The summed E-state index contributed by atoms with van der Waals surface area (Å²) in [6, 6.07) is 11.7. The molecule has 1 aromatic heterocycles. The van der Waals surface area contributed by atoms with Gasteiger partial charge in [0.1, 0.15) is 17.3 Å². The first-order chi connectivity index (χ1) is 15.5. The van der Waals surface area contributed by atoms with E-state index >= 15 is 0 Å². The van der Waals surface area contributed by atoms with Crippen molar-refractivity contribution in [2.24, 2.45) is 10.7 Å². The summed E-state index contributed by atoms with van der Waals surface area (Å²) in [6.45, 7) is 3.75. The Morgan fingerprint density at radius 1 is 1.28 bits per heavy atom. The highest BCUT2D eigenvalue weighted by Gasteiger charge is 2.13. The Morgan fingerprint density at radius 2 is 2.03 bits per heavy atom. The van der Waals surface area contributed by atoms with Crippen LogP contribution in [0.4, 0.5) is 10.1 Å². The fourth-order valence-corrected chi connectivity index (χ4v) is 4.45. The van der Waals surface area contributed by atoms with Gasteiger partial charge in [0.05, 0.1) is 19.3 Å². The van der Waals surface area contributed by atoms with Gasteiger partial charge in [0.15, 0.2) is 4.80 Å². The van der Waals surface area contributed by atoms with Crippen LogP contribution in [0, 0.1) is 5.82 Å². The number of ether oxygens (including phenoxy) is 1. The van der Waals surface area contributed by atoms with Gasteiger partial charge in [0.25, 0.3) is 0 Å². The number of amides is 1. The first-order valence-corrected chi connectivity index (χ1v) is 11.5. The molecular formula is C23H26ClFN4O2S. The normalized spacial score (nSPS) is 11.6. The Balaban J connectivity index is 1.99. The fraction of sp³-hybridized carbons (Fsp3) is 0.304. The van der Waals surface area contributed by atoms with Crippen LogP contribution in [0.25, 0.3) is 11.3 Å². The van der Waals surface area contributed by atoms with Crippen molar-refractivity contribution in [3.63, 3.8) is 0 Å². The minimum atomic E-state index is -0.287. The number of likely N-dealkylation sites (N-methyl/N-ethyl adjacent to an activating group) is 1. The molecule has 0 atom stereocenters. The van der Waals surface area contributed by atoms with Crippen LogP contribution in [0.5, 0.6) is 5.75 Å². The van der Waals surface area contributed by atoms with Crippen molar-refractivity contribution in [1.29, 1.82) is 0 Å². The van der Waals surface area contributed by atoms with Crippen LogP contribution in [0.15, 0.2) is 52.8 Å². The monoisotopic (exact) mass is 476 g/mol. The number of rotatable bonds is 9. The molecule has 0 aliphatic heterocycles. The zero-order valence-electron chi connectivity index (χ0n) is 18.1. The highest BCUT2D eigenvalue weighted by Crippen LogP contribution is 2.30. The highest BCUT2D eigenvalue weighted by molar-refractivity contribution is 7.07. The van der Waals surface area contributed by atoms with Crippen LogP contribution in [-0.2, 0) is 11.3 Å². The van der Waals surface area contributed by atoms with Gasteiger partial charge in [-0.2, -0.15) is 0 Å². The molecule has 2 aromatic carbocycles. The molecule has 1 amide bonds. The van der Waals surface area contributed by atoms with Crippen molar-refractivity contribution in [2.75, 3.05) is 26.7 Å². The van der Waals surface area contributed by atoms with E-state index in [2.05, 4.69) is 4.57 Å². The van der Waals surface area contributed by atoms with Crippen LogP contribution in [-0.4, -0.2) is 42.1 Å². The summed E-state index contributed by atoms with van der Waals surface area (Å²) in [6.07, 6.45) is 0.718. The lowest BCUT2D eigenvalue weighted by molar-refractivity contribution is -0.129. The second-order valence-corrected chi connectivity index (χ2v) is 8.29. The molecular weight excluding hydrogens is 451 g/mol. The van der Waals surface area contributed by atoms with E-state index in [1.165, 1.54) is 23.5 Å². The van der Waals surface area contributed by atoms with Gasteiger partial charge < -0.3 is 19.9 Å². The van der Waals surface area contributed by atoms with E-state index in [1.54, 1.807) is 36.3 Å². The van der Waals surface area contributed by atoms with Crippen molar-refractivity contribution < 1.29 is 13.9 Å². The van der Waals surface area contributed by atoms with Crippen LogP contribution in [0.2, 0.25) is 5.02 Å². The molecule has 1 heterocycles. The number of hydrogen-bond donors (Lipinski definition) is 1. The number of halogens is 2. The first-order valence-electron chi connectivity index (χ1n) is 10.3. The molecule has 2 N–H and O–H groups in total. The van der Waals surface area contributed by atoms with E-state index in [-0.39, 0.29) is 18.3 Å². The van der Waals surface area contributed by atoms with Crippen LogP contribution < -0.4 is 15.3 Å². The Bertz CT molecular complexity index is 1130. The third-order valence-electron chi connectivity index (χ3n) is 5.01. The zero-order chi connectivity index (χ0) is 23.1. The van der Waals surface area contributed by atoms with Crippen molar-refractivity contribution in [2.45, 2.75) is 19.9 Å². The molecule has 0 radical (unpaired) electrons. The van der Waals surface area contributed by atoms with Gasteiger partial charge in [0.2, 0.25) is 5.91 Å². The number of hydrogen-bond acceptors (Lipinski definition) is 5. The fourth-order valence-electron chi connectivity index (χ4n) is 3.34. The quantitative estimate of drug-likeness (QED) is 0.496. The third kappa shape index (κ3) is 5.76. The van der Waals surface area contributed by atoms with Crippen molar-refractivity contribution in [3.05, 3.63) is 63.5 Å². The zero-order valence-corrected chi connectivity index (χ0v) is 19.6. The topological polar surface area (TPSA) is 72.8 Å². The number of methoxy groups -OCH3 is 1. The van der Waals surface area contributed by atoms with Gasteiger partial charge >= 0.3 is 0 Å². The predicted octanol–water partition coefficient (Wildman–Crippen LogP) is 4.45. The van der Waals surface area contributed by atoms with Crippen molar-refractivity contribution in [3.8, 4) is 17.0 Å². The molecule has 0 saturated heterocycles. The van der Waals surface area contributed by atoms with E-state index < -0.39 is 0 Å². The standard InChI is InChI=1S/C23H26ClFN4O2S/c1-3-28(22(30)14-26)11-4-12-29-20(16-5-8-18(25)9-6-16)15-32-23(29)27-19-10-7-17(24)13-21(19)31-2/h5-10,13,15H,3-4,11-12,14,26H2,1-2H3. The molecule has 6 nitrogen and oxygen atoms in total. The lowest BCUT2D eigenvalue weighted by Crippen LogP contribution is -2.37. The van der Waals surface area contributed by atoms with Gasteiger partial charge in [0, 0.05) is 36.1 Å². The number of nitrogens with zero attached hydrogens (tertiary/aromatic N) is 3. The molecule has 3 rings (SSSR count). The minimum absolute atomic E-state index is 0.00277. The number of nitrogens with two attached hydrogens (primary N) is 1. The smallest absolute Gasteiger partial charge is 0.236 e. The summed E-state index contributed by atoms with van der Waals surface area (Å²) in [5.74, 6) is 0.217.